The van der Waals surface area contributed by atoms with Crippen LogP contribution >= 0.6 is 0 Å². The van der Waals surface area contributed by atoms with Crippen molar-refractivity contribution in [3.63, 3.8) is 0 Å². The van der Waals surface area contributed by atoms with Crippen LogP contribution in [0.5, 0.6) is 0 Å². The molecule has 0 unspecified atom stereocenters. The summed E-state index contributed by atoms with van der Waals surface area (Å²) in [5.41, 5.74) is 1.26. The first-order valence-electron chi connectivity index (χ1n) is 8.56. The van der Waals surface area contributed by atoms with Gasteiger partial charge in [-0.05, 0) is 31.0 Å². The normalized spacial score (nSPS) is 14.5. The fraction of sp³-hybridized carbons (Fsp3) is 0.444. The summed E-state index contributed by atoms with van der Waals surface area (Å²) < 4.78 is 0. The van der Waals surface area contributed by atoms with E-state index in [1.165, 1.54) is 5.56 Å². The molecule has 1 saturated heterocycles. The average molecular weight is 340 g/mol. The van der Waals surface area contributed by atoms with Crippen molar-refractivity contribution in [3.8, 4) is 0 Å². The van der Waals surface area contributed by atoms with Gasteiger partial charge in [0.2, 0.25) is 6.41 Å². The minimum atomic E-state index is 0.736. The quantitative estimate of drug-likeness (QED) is 0.735. The number of hydrogen-bond acceptors (Lipinski definition) is 6. The molecule has 1 aliphatic rings. The summed E-state index contributed by atoms with van der Waals surface area (Å²) in [6.45, 7) is 5.87. The molecule has 132 valence electrons. The molecule has 0 saturated carbocycles. The number of aryl methyl sites for hydroxylation is 1. The van der Waals surface area contributed by atoms with Crippen LogP contribution in [-0.2, 0) is 11.2 Å². The Labute approximate surface area is 148 Å². The third-order valence-corrected chi connectivity index (χ3v) is 4.47. The highest BCUT2D eigenvalue weighted by atomic mass is 16.1. The van der Waals surface area contributed by atoms with Gasteiger partial charge < -0.3 is 14.7 Å². The van der Waals surface area contributed by atoms with E-state index >= 15 is 0 Å². The number of rotatable bonds is 6. The minimum absolute atomic E-state index is 0.736. The van der Waals surface area contributed by atoms with Gasteiger partial charge in [0.15, 0.2) is 0 Å². The third-order valence-electron chi connectivity index (χ3n) is 4.47. The topological polar surface area (TPSA) is 65.5 Å². The molecule has 1 amide bonds. The zero-order valence-electron chi connectivity index (χ0n) is 14.8. The van der Waals surface area contributed by atoms with Crippen molar-refractivity contribution >= 4 is 18.0 Å². The largest absolute Gasteiger partial charge is 0.359 e. The first-order valence-corrected chi connectivity index (χ1v) is 8.56. The highest BCUT2D eigenvalue weighted by Gasteiger charge is 2.18. The van der Waals surface area contributed by atoms with Crippen LogP contribution in [0.25, 0.3) is 0 Å². The van der Waals surface area contributed by atoms with Gasteiger partial charge in [-0.3, -0.25) is 9.78 Å². The lowest BCUT2D eigenvalue weighted by molar-refractivity contribution is -0.118. The Kier molecular flexibility index (Phi) is 5.42. The Morgan fingerprint density at radius 3 is 2.56 bits per heavy atom. The van der Waals surface area contributed by atoms with E-state index in [4.69, 9.17) is 0 Å². The van der Waals surface area contributed by atoms with Gasteiger partial charge in [0.25, 0.3) is 0 Å². The Morgan fingerprint density at radius 2 is 1.88 bits per heavy atom. The first-order chi connectivity index (χ1) is 12.2. The number of likely N-dealkylation sites (N-methyl/N-ethyl adjacent to an activating group) is 1. The second-order valence-corrected chi connectivity index (χ2v) is 6.29. The van der Waals surface area contributed by atoms with E-state index in [-0.39, 0.29) is 0 Å². The highest BCUT2D eigenvalue weighted by Crippen LogP contribution is 2.20. The molecule has 1 fully saturated rings. The van der Waals surface area contributed by atoms with Gasteiger partial charge in [0.1, 0.15) is 17.5 Å². The number of anilines is 2. The molecule has 2 aromatic heterocycles. The van der Waals surface area contributed by atoms with Crippen LogP contribution in [-0.4, -0.2) is 66.0 Å². The number of carbonyl (C=O) groups excluding carboxylic acids is 1. The molecule has 3 heterocycles. The number of nitrogens with zero attached hydrogens (tertiary/aromatic N) is 6. The van der Waals surface area contributed by atoms with Gasteiger partial charge in [0.05, 0.1) is 0 Å². The monoisotopic (exact) mass is 340 g/mol. The van der Waals surface area contributed by atoms with E-state index in [1.54, 1.807) is 4.90 Å². The smallest absolute Gasteiger partial charge is 0.209 e. The lowest BCUT2D eigenvalue weighted by Gasteiger charge is -2.33. The second kappa shape index (κ2) is 7.92. The molecule has 0 bridgehead atoms. The van der Waals surface area contributed by atoms with Gasteiger partial charge in [0, 0.05) is 58.2 Å². The summed E-state index contributed by atoms with van der Waals surface area (Å²) in [5.74, 6) is 2.62. The van der Waals surface area contributed by atoms with Crippen LogP contribution in [0.15, 0.2) is 30.6 Å². The van der Waals surface area contributed by atoms with Gasteiger partial charge in [-0.1, -0.05) is 0 Å². The predicted molar refractivity (Wildman–Crippen MR) is 97.8 cm³/mol. The minimum Gasteiger partial charge on any atom is -0.359 e. The van der Waals surface area contributed by atoms with Gasteiger partial charge in [-0.15, -0.1) is 0 Å². The summed E-state index contributed by atoms with van der Waals surface area (Å²) in [5, 5.41) is 0. The van der Waals surface area contributed by atoms with E-state index in [2.05, 4.69) is 31.8 Å². The molecule has 0 aliphatic carbocycles. The summed E-state index contributed by atoms with van der Waals surface area (Å²) in [6.07, 6.45) is 5.50. The molecule has 1 aliphatic heterocycles. The Bertz CT molecular complexity index is 700. The summed E-state index contributed by atoms with van der Waals surface area (Å²) >= 11 is 0. The maximum absolute atomic E-state index is 10.9. The molecule has 0 aromatic carbocycles. The van der Waals surface area contributed by atoms with E-state index in [1.807, 2.05) is 37.5 Å². The van der Waals surface area contributed by atoms with Gasteiger partial charge in [-0.25, -0.2) is 9.97 Å². The van der Waals surface area contributed by atoms with Crippen molar-refractivity contribution in [2.24, 2.45) is 0 Å². The molecule has 0 N–H and O–H groups in total. The Balaban J connectivity index is 1.67. The molecule has 25 heavy (non-hydrogen) atoms. The number of aromatic nitrogens is 3. The van der Waals surface area contributed by atoms with Crippen LogP contribution in [0.3, 0.4) is 0 Å². The van der Waals surface area contributed by atoms with Crippen molar-refractivity contribution < 1.29 is 4.79 Å². The van der Waals surface area contributed by atoms with Crippen molar-refractivity contribution in [1.29, 1.82) is 0 Å². The zero-order chi connectivity index (χ0) is 17.6. The third kappa shape index (κ3) is 4.43. The van der Waals surface area contributed by atoms with Crippen molar-refractivity contribution in [2.45, 2.75) is 13.3 Å². The lowest BCUT2D eigenvalue weighted by Crippen LogP contribution is -2.46. The number of carbonyl (C=O) groups is 1. The molecular formula is C18H24N6O. The predicted octanol–water partition coefficient (Wildman–Crippen LogP) is 1.14. The van der Waals surface area contributed by atoms with Crippen molar-refractivity contribution in [2.75, 3.05) is 49.6 Å². The maximum Gasteiger partial charge on any atom is 0.209 e. The summed E-state index contributed by atoms with van der Waals surface area (Å²) in [4.78, 5) is 30.2. The van der Waals surface area contributed by atoms with Crippen LogP contribution in [0.1, 0.15) is 11.4 Å². The summed E-state index contributed by atoms with van der Waals surface area (Å²) in [6, 6.07) is 6.12. The molecule has 0 atom stereocenters. The average Bonchev–Trinajstić information content (AvgIpc) is 2.66. The van der Waals surface area contributed by atoms with Crippen LogP contribution in [0, 0.1) is 6.92 Å². The molecule has 3 rings (SSSR count). The molecule has 0 spiro atoms. The molecule has 2 aromatic rings. The Hall–Kier alpha value is -2.70. The molecular weight excluding hydrogens is 316 g/mol. The van der Waals surface area contributed by atoms with Crippen LogP contribution in [0.2, 0.25) is 0 Å². The SMILES string of the molecule is Cc1nc(N(C)CCc2ccncc2)cc(N2CCN(C=O)CC2)n1. The standard InChI is InChI=1S/C18H24N6O/c1-15-20-17(22(2)8-5-16-3-6-19-7-4-16)13-18(21-15)24-11-9-23(14-25)10-12-24/h3-4,6-7,13-14H,5,8-12H2,1-2H3. The van der Waals surface area contributed by atoms with Crippen LogP contribution < -0.4 is 9.80 Å². The number of hydrogen-bond donors (Lipinski definition) is 0. The van der Waals surface area contributed by atoms with E-state index in [9.17, 15) is 4.79 Å². The zero-order valence-corrected chi connectivity index (χ0v) is 14.8. The second-order valence-electron chi connectivity index (χ2n) is 6.29. The van der Waals surface area contributed by atoms with E-state index in [0.717, 1.165) is 63.0 Å². The van der Waals surface area contributed by atoms with Gasteiger partial charge in [-0.2, -0.15) is 0 Å². The van der Waals surface area contributed by atoms with Crippen molar-refractivity contribution in [3.05, 3.63) is 42.0 Å². The van der Waals surface area contributed by atoms with Gasteiger partial charge >= 0.3 is 0 Å². The molecule has 0 radical (unpaired) electrons. The number of piperazine rings is 1. The Morgan fingerprint density at radius 1 is 1.16 bits per heavy atom. The van der Waals surface area contributed by atoms with E-state index in [0.29, 0.717) is 0 Å². The number of amides is 1. The van der Waals surface area contributed by atoms with Crippen molar-refractivity contribution in [1.82, 2.24) is 19.9 Å². The highest BCUT2D eigenvalue weighted by molar-refractivity contribution is 5.53. The number of pyridine rings is 1. The van der Waals surface area contributed by atoms with E-state index < -0.39 is 0 Å². The lowest BCUT2D eigenvalue weighted by atomic mass is 10.2. The maximum atomic E-state index is 10.9. The first kappa shape index (κ1) is 17.1. The fourth-order valence-corrected chi connectivity index (χ4v) is 2.91. The molecule has 7 nitrogen and oxygen atoms in total. The molecule has 7 heteroatoms. The van der Waals surface area contributed by atoms with Crippen LogP contribution in [0.4, 0.5) is 11.6 Å². The summed E-state index contributed by atoms with van der Waals surface area (Å²) in [7, 11) is 2.05. The fourth-order valence-electron chi connectivity index (χ4n) is 2.91.